The van der Waals surface area contributed by atoms with Gasteiger partial charge in [-0.25, -0.2) is 0 Å². The molecule has 1 aromatic carbocycles. The van der Waals surface area contributed by atoms with Gasteiger partial charge in [0.25, 0.3) is 0 Å². The average Bonchev–Trinajstić information content (AvgIpc) is 2.20. The lowest BCUT2D eigenvalue weighted by Gasteiger charge is -2.00. The molecule has 2 aromatic rings. The quantitative estimate of drug-likeness (QED) is 0.688. The molecule has 0 amide bonds. The van der Waals surface area contributed by atoms with Crippen LogP contribution in [0.3, 0.4) is 0 Å². The molecule has 0 spiro atoms. The van der Waals surface area contributed by atoms with Crippen LogP contribution in [0.25, 0.3) is 11.0 Å². The monoisotopic (exact) mass is 188 g/mol. The zero-order chi connectivity index (χ0) is 10.1. The van der Waals surface area contributed by atoms with Crippen LogP contribution in [0.15, 0.2) is 33.7 Å². The van der Waals surface area contributed by atoms with Gasteiger partial charge in [-0.3, -0.25) is 4.79 Å². The molecule has 0 radical (unpaired) electrons. The van der Waals surface area contributed by atoms with Gasteiger partial charge in [0, 0.05) is 5.56 Å². The molecule has 1 heterocycles. The summed E-state index contributed by atoms with van der Waals surface area (Å²) in [6.45, 7) is 3.92. The van der Waals surface area contributed by atoms with Crippen LogP contribution in [0.2, 0.25) is 0 Å². The maximum absolute atomic E-state index is 11.9. The van der Waals surface area contributed by atoms with Crippen molar-refractivity contribution in [3.05, 3.63) is 45.8 Å². The summed E-state index contributed by atoms with van der Waals surface area (Å²) in [5, 5.41) is 0.685. The van der Waals surface area contributed by atoms with Crippen molar-refractivity contribution in [1.82, 2.24) is 0 Å². The number of hydrogen-bond acceptors (Lipinski definition) is 2. The van der Waals surface area contributed by atoms with E-state index < -0.39 is 0 Å². The first-order chi connectivity index (χ1) is 6.72. The van der Waals surface area contributed by atoms with Gasteiger partial charge in [-0.1, -0.05) is 18.6 Å². The first-order valence-electron chi connectivity index (χ1n) is 4.73. The molecule has 0 bridgehead atoms. The molecule has 0 aliphatic carbocycles. The Balaban J connectivity index is 2.87. The largest absolute Gasteiger partial charge is 0.464 e. The predicted molar refractivity (Wildman–Crippen MR) is 56.6 cm³/mol. The van der Waals surface area contributed by atoms with Crippen LogP contribution in [0.4, 0.5) is 0 Å². The molecule has 0 fully saturated rings. The van der Waals surface area contributed by atoms with E-state index in [4.69, 9.17) is 4.42 Å². The number of rotatable bonds is 1. The lowest BCUT2D eigenvalue weighted by molar-refractivity contribution is 0.593. The molecule has 0 aliphatic heterocycles. The number of aryl methyl sites for hydroxylation is 2. The fraction of sp³-hybridized carbons (Fsp3) is 0.250. The molecule has 2 nitrogen and oxygen atoms in total. The minimum atomic E-state index is 0.0949. The molecule has 0 saturated heterocycles. The third kappa shape index (κ3) is 1.33. The third-order valence-electron chi connectivity index (χ3n) is 2.38. The van der Waals surface area contributed by atoms with Gasteiger partial charge in [-0.2, -0.15) is 0 Å². The summed E-state index contributed by atoms with van der Waals surface area (Å²) >= 11 is 0. The second-order valence-corrected chi connectivity index (χ2v) is 3.44. The molecule has 1 aromatic heterocycles. The SMILES string of the molecule is CCc1coc2ccc(C)cc2c1=O. The van der Waals surface area contributed by atoms with Crippen molar-refractivity contribution in [3.8, 4) is 0 Å². The maximum atomic E-state index is 11.9. The molecule has 72 valence electrons. The van der Waals surface area contributed by atoms with Crippen molar-refractivity contribution in [3.63, 3.8) is 0 Å². The van der Waals surface area contributed by atoms with Crippen molar-refractivity contribution < 1.29 is 4.42 Å². The Morgan fingerprint density at radius 2 is 2.14 bits per heavy atom. The number of benzene rings is 1. The van der Waals surface area contributed by atoms with E-state index in [9.17, 15) is 4.79 Å². The highest BCUT2D eigenvalue weighted by Gasteiger charge is 2.04. The normalized spacial score (nSPS) is 10.7. The van der Waals surface area contributed by atoms with Crippen LogP contribution in [0.5, 0.6) is 0 Å². The van der Waals surface area contributed by atoms with Crippen molar-refractivity contribution >= 4 is 11.0 Å². The molecule has 14 heavy (non-hydrogen) atoms. The van der Waals surface area contributed by atoms with Crippen LogP contribution in [0, 0.1) is 6.92 Å². The van der Waals surface area contributed by atoms with E-state index in [-0.39, 0.29) is 5.43 Å². The molecule has 0 N–H and O–H groups in total. The first kappa shape index (κ1) is 9.00. The third-order valence-corrected chi connectivity index (χ3v) is 2.38. The fourth-order valence-electron chi connectivity index (χ4n) is 1.53. The molecule has 0 aliphatic rings. The molecule has 2 heteroatoms. The van der Waals surface area contributed by atoms with E-state index in [1.54, 1.807) is 6.26 Å². The van der Waals surface area contributed by atoms with Crippen molar-refractivity contribution in [2.75, 3.05) is 0 Å². The van der Waals surface area contributed by atoms with E-state index in [0.717, 1.165) is 11.1 Å². The standard InChI is InChI=1S/C12H12O2/c1-3-9-7-14-11-5-4-8(2)6-10(11)12(9)13/h4-7H,3H2,1-2H3. The Kier molecular flexibility index (Phi) is 2.12. The summed E-state index contributed by atoms with van der Waals surface area (Å²) in [4.78, 5) is 11.9. The van der Waals surface area contributed by atoms with Gasteiger partial charge in [0.15, 0.2) is 5.43 Å². The van der Waals surface area contributed by atoms with E-state index in [2.05, 4.69) is 0 Å². The summed E-state index contributed by atoms with van der Waals surface area (Å²) in [6.07, 6.45) is 2.27. The highest BCUT2D eigenvalue weighted by Crippen LogP contribution is 2.13. The van der Waals surface area contributed by atoms with Gasteiger partial charge in [0.1, 0.15) is 5.58 Å². The molecule has 0 atom stereocenters. The Morgan fingerprint density at radius 1 is 1.36 bits per heavy atom. The molecular formula is C12H12O2. The number of fused-ring (bicyclic) bond motifs is 1. The molecule has 0 saturated carbocycles. The summed E-state index contributed by atoms with van der Waals surface area (Å²) in [6, 6.07) is 5.66. The predicted octanol–water partition coefficient (Wildman–Crippen LogP) is 2.66. The molecule has 0 unspecified atom stereocenters. The van der Waals surface area contributed by atoms with Gasteiger partial charge >= 0.3 is 0 Å². The summed E-state index contributed by atoms with van der Waals surface area (Å²) < 4.78 is 5.37. The minimum Gasteiger partial charge on any atom is -0.464 e. The van der Waals surface area contributed by atoms with Gasteiger partial charge in [0.05, 0.1) is 11.6 Å². The van der Waals surface area contributed by atoms with Crippen LogP contribution in [-0.2, 0) is 6.42 Å². The highest BCUT2D eigenvalue weighted by atomic mass is 16.3. The van der Waals surface area contributed by atoms with Crippen LogP contribution in [-0.4, -0.2) is 0 Å². The van der Waals surface area contributed by atoms with Gasteiger partial charge in [-0.05, 0) is 25.5 Å². The highest BCUT2D eigenvalue weighted by molar-refractivity contribution is 5.77. The Labute approximate surface area is 82.2 Å². The summed E-state index contributed by atoms with van der Waals surface area (Å²) in [7, 11) is 0. The topological polar surface area (TPSA) is 30.2 Å². The van der Waals surface area contributed by atoms with Gasteiger partial charge in [0.2, 0.25) is 0 Å². The Morgan fingerprint density at radius 3 is 2.86 bits per heavy atom. The second kappa shape index (κ2) is 3.29. The van der Waals surface area contributed by atoms with E-state index in [0.29, 0.717) is 17.4 Å². The van der Waals surface area contributed by atoms with E-state index >= 15 is 0 Å². The van der Waals surface area contributed by atoms with Crippen LogP contribution >= 0.6 is 0 Å². The van der Waals surface area contributed by atoms with Crippen molar-refractivity contribution in [1.29, 1.82) is 0 Å². The van der Waals surface area contributed by atoms with E-state index in [1.807, 2.05) is 32.0 Å². The van der Waals surface area contributed by atoms with Crippen LogP contribution in [0.1, 0.15) is 18.1 Å². The van der Waals surface area contributed by atoms with Gasteiger partial charge < -0.3 is 4.42 Å². The summed E-state index contributed by atoms with van der Waals surface area (Å²) in [5.74, 6) is 0. The van der Waals surface area contributed by atoms with Crippen molar-refractivity contribution in [2.45, 2.75) is 20.3 Å². The lowest BCUT2D eigenvalue weighted by atomic mass is 10.1. The number of hydrogen-bond donors (Lipinski definition) is 0. The minimum absolute atomic E-state index is 0.0949. The van der Waals surface area contributed by atoms with Crippen LogP contribution < -0.4 is 5.43 Å². The maximum Gasteiger partial charge on any atom is 0.195 e. The zero-order valence-electron chi connectivity index (χ0n) is 8.33. The second-order valence-electron chi connectivity index (χ2n) is 3.44. The lowest BCUT2D eigenvalue weighted by Crippen LogP contribution is -2.07. The Bertz CT molecular complexity index is 523. The van der Waals surface area contributed by atoms with Gasteiger partial charge in [-0.15, -0.1) is 0 Å². The average molecular weight is 188 g/mol. The fourth-order valence-corrected chi connectivity index (χ4v) is 1.53. The van der Waals surface area contributed by atoms with Crippen molar-refractivity contribution in [2.24, 2.45) is 0 Å². The summed E-state index contributed by atoms with van der Waals surface area (Å²) in [5.41, 5.74) is 2.58. The molecule has 2 rings (SSSR count). The Hall–Kier alpha value is -1.57. The smallest absolute Gasteiger partial charge is 0.195 e. The molecular weight excluding hydrogens is 176 g/mol. The van der Waals surface area contributed by atoms with E-state index in [1.165, 1.54) is 0 Å². The first-order valence-corrected chi connectivity index (χ1v) is 4.73. The zero-order valence-corrected chi connectivity index (χ0v) is 8.33.